The van der Waals surface area contributed by atoms with Gasteiger partial charge in [0.25, 0.3) is 5.91 Å². The Kier molecular flexibility index (Phi) is 4.96. The molecule has 21 heavy (non-hydrogen) atoms. The molecule has 5 heteroatoms. The highest BCUT2D eigenvalue weighted by atomic mass is 19.1. The molecule has 1 unspecified atom stereocenters. The molecule has 1 heterocycles. The van der Waals surface area contributed by atoms with Crippen molar-refractivity contribution in [3.8, 4) is 0 Å². The number of carbonyl (C=O) groups excluding carboxylic acids is 1. The summed E-state index contributed by atoms with van der Waals surface area (Å²) in [5, 5.41) is 12.4. The van der Waals surface area contributed by atoms with Gasteiger partial charge in [-0.3, -0.25) is 4.79 Å². The molecule has 0 aliphatic rings. The third kappa shape index (κ3) is 3.42. The molecule has 0 saturated heterocycles. The molecular weight excluding hydrogens is 273 g/mol. The highest BCUT2D eigenvalue weighted by molar-refractivity contribution is 5.98. The Labute approximate surface area is 122 Å². The molecule has 2 aromatic rings. The Morgan fingerprint density at radius 3 is 2.90 bits per heavy atom. The van der Waals surface area contributed by atoms with Crippen LogP contribution in [-0.4, -0.2) is 24.2 Å². The van der Waals surface area contributed by atoms with E-state index in [-0.39, 0.29) is 30.0 Å². The zero-order valence-electron chi connectivity index (χ0n) is 12.3. The predicted molar refractivity (Wildman–Crippen MR) is 78.7 cm³/mol. The van der Waals surface area contributed by atoms with E-state index in [9.17, 15) is 9.18 Å². The molecule has 0 fully saturated rings. The maximum atomic E-state index is 13.2. The van der Waals surface area contributed by atoms with Gasteiger partial charge in [-0.2, -0.15) is 0 Å². The van der Waals surface area contributed by atoms with Crippen LogP contribution in [-0.2, 0) is 0 Å². The fraction of sp³-hybridized carbons (Fsp3) is 0.438. The van der Waals surface area contributed by atoms with Crippen LogP contribution in [0.3, 0.4) is 0 Å². The molecule has 1 atom stereocenters. The smallest absolute Gasteiger partial charge is 0.287 e. The number of benzene rings is 1. The van der Waals surface area contributed by atoms with Crippen LogP contribution >= 0.6 is 0 Å². The highest BCUT2D eigenvalue weighted by Crippen LogP contribution is 2.25. The zero-order chi connectivity index (χ0) is 15.4. The third-order valence-electron chi connectivity index (χ3n) is 3.77. The van der Waals surface area contributed by atoms with Crippen LogP contribution in [0.15, 0.2) is 22.6 Å². The summed E-state index contributed by atoms with van der Waals surface area (Å²) in [5.74, 6) is -0.205. The van der Waals surface area contributed by atoms with Gasteiger partial charge in [0.2, 0.25) is 0 Å². The summed E-state index contributed by atoms with van der Waals surface area (Å²) in [4.78, 5) is 12.2. The van der Waals surface area contributed by atoms with Crippen LogP contribution in [0.25, 0.3) is 11.0 Å². The number of hydrogen-bond donors (Lipinski definition) is 2. The van der Waals surface area contributed by atoms with Crippen molar-refractivity contribution < 1.29 is 18.7 Å². The maximum Gasteiger partial charge on any atom is 0.287 e. The summed E-state index contributed by atoms with van der Waals surface area (Å²) < 4.78 is 18.8. The van der Waals surface area contributed by atoms with Crippen molar-refractivity contribution in [2.75, 3.05) is 13.2 Å². The van der Waals surface area contributed by atoms with E-state index in [0.29, 0.717) is 29.5 Å². The Morgan fingerprint density at radius 2 is 2.24 bits per heavy atom. The van der Waals surface area contributed by atoms with E-state index in [1.807, 2.05) is 6.92 Å². The number of hydrogen-bond acceptors (Lipinski definition) is 3. The summed E-state index contributed by atoms with van der Waals surface area (Å²) >= 11 is 0. The van der Waals surface area contributed by atoms with Gasteiger partial charge in [0.05, 0.1) is 0 Å². The van der Waals surface area contributed by atoms with Crippen LogP contribution in [0, 0.1) is 18.7 Å². The highest BCUT2D eigenvalue weighted by Gasteiger charge is 2.18. The Hall–Kier alpha value is -1.88. The number of carbonyl (C=O) groups is 1. The fourth-order valence-corrected chi connectivity index (χ4v) is 2.36. The summed E-state index contributed by atoms with van der Waals surface area (Å²) in [6, 6.07) is 4.20. The average Bonchev–Trinajstić information content (AvgIpc) is 2.80. The normalized spacial score (nSPS) is 12.6. The van der Waals surface area contributed by atoms with E-state index in [2.05, 4.69) is 5.32 Å². The molecule has 1 aromatic heterocycles. The number of aliphatic hydroxyl groups is 1. The predicted octanol–water partition coefficient (Wildman–Crippen LogP) is 3.02. The van der Waals surface area contributed by atoms with Crippen LogP contribution in [0.4, 0.5) is 4.39 Å². The van der Waals surface area contributed by atoms with Gasteiger partial charge in [-0.05, 0) is 37.5 Å². The van der Waals surface area contributed by atoms with Crippen LogP contribution < -0.4 is 5.32 Å². The molecule has 1 aromatic carbocycles. The molecule has 0 saturated carbocycles. The quantitative estimate of drug-likeness (QED) is 0.860. The van der Waals surface area contributed by atoms with Gasteiger partial charge in [0.1, 0.15) is 11.4 Å². The van der Waals surface area contributed by atoms with Crippen molar-refractivity contribution in [3.63, 3.8) is 0 Å². The summed E-state index contributed by atoms with van der Waals surface area (Å²) in [5.41, 5.74) is 1.14. The summed E-state index contributed by atoms with van der Waals surface area (Å²) in [6.07, 6.45) is 1.53. The van der Waals surface area contributed by atoms with Crippen molar-refractivity contribution in [1.29, 1.82) is 0 Å². The standard InChI is InChI=1S/C16H20FNO3/c1-3-11(6-7-19)9-18-16(20)15-10(2)13-8-12(17)4-5-14(13)21-15/h4-5,8,11,19H,3,6-7,9H2,1-2H3,(H,18,20). The number of halogens is 1. The number of nitrogens with one attached hydrogen (secondary N) is 1. The first-order chi connectivity index (χ1) is 10.1. The Balaban J connectivity index is 2.14. The topological polar surface area (TPSA) is 62.5 Å². The Morgan fingerprint density at radius 1 is 1.48 bits per heavy atom. The van der Waals surface area contributed by atoms with Gasteiger partial charge < -0.3 is 14.8 Å². The second kappa shape index (κ2) is 6.72. The number of rotatable bonds is 6. The lowest BCUT2D eigenvalue weighted by atomic mass is 10.0. The second-order valence-corrected chi connectivity index (χ2v) is 5.19. The fourth-order valence-electron chi connectivity index (χ4n) is 2.36. The number of aryl methyl sites for hydroxylation is 1. The van der Waals surface area contributed by atoms with Crippen molar-refractivity contribution in [1.82, 2.24) is 5.32 Å². The minimum Gasteiger partial charge on any atom is -0.451 e. The molecule has 114 valence electrons. The lowest BCUT2D eigenvalue weighted by Gasteiger charge is -2.13. The maximum absolute atomic E-state index is 13.2. The van der Waals surface area contributed by atoms with E-state index < -0.39 is 0 Å². The van der Waals surface area contributed by atoms with E-state index in [4.69, 9.17) is 9.52 Å². The van der Waals surface area contributed by atoms with Gasteiger partial charge in [-0.1, -0.05) is 13.3 Å². The molecule has 2 N–H and O–H groups in total. The van der Waals surface area contributed by atoms with Gasteiger partial charge in [0, 0.05) is 24.1 Å². The first-order valence-corrected chi connectivity index (χ1v) is 7.14. The van der Waals surface area contributed by atoms with Crippen molar-refractivity contribution in [2.45, 2.75) is 26.7 Å². The first kappa shape index (κ1) is 15.5. The average molecular weight is 293 g/mol. The van der Waals surface area contributed by atoms with E-state index in [0.717, 1.165) is 6.42 Å². The number of amides is 1. The zero-order valence-corrected chi connectivity index (χ0v) is 12.3. The monoisotopic (exact) mass is 293 g/mol. The molecule has 1 amide bonds. The van der Waals surface area contributed by atoms with E-state index in [1.165, 1.54) is 18.2 Å². The molecule has 0 aliphatic heterocycles. The SMILES string of the molecule is CCC(CCO)CNC(=O)c1oc2ccc(F)cc2c1C. The molecule has 0 bridgehead atoms. The molecule has 4 nitrogen and oxygen atoms in total. The van der Waals surface area contributed by atoms with Gasteiger partial charge >= 0.3 is 0 Å². The van der Waals surface area contributed by atoms with E-state index >= 15 is 0 Å². The summed E-state index contributed by atoms with van der Waals surface area (Å²) in [6.45, 7) is 4.35. The van der Waals surface area contributed by atoms with Crippen LogP contribution in [0.5, 0.6) is 0 Å². The minimum atomic E-state index is -0.354. The van der Waals surface area contributed by atoms with Crippen LogP contribution in [0.1, 0.15) is 35.9 Å². The lowest BCUT2D eigenvalue weighted by Crippen LogP contribution is -2.29. The lowest BCUT2D eigenvalue weighted by molar-refractivity contribution is 0.0917. The molecule has 2 rings (SSSR count). The van der Waals surface area contributed by atoms with Crippen LogP contribution in [0.2, 0.25) is 0 Å². The minimum absolute atomic E-state index is 0.108. The largest absolute Gasteiger partial charge is 0.451 e. The van der Waals surface area contributed by atoms with E-state index in [1.54, 1.807) is 6.92 Å². The van der Waals surface area contributed by atoms with Gasteiger partial charge in [0.15, 0.2) is 5.76 Å². The third-order valence-corrected chi connectivity index (χ3v) is 3.77. The molecule has 0 radical (unpaired) electrons. The number of aliphatic hydroxyl groups excluding tert-OH is 1. The van der Waals surface area contributed by atoms with Gasteiger partial charge in [-0.25, -0.2) is 4.39 Å². The molecular formula is C16H20FNO3. The van der Waals surface area contributed by atoms with Crippen molar-refractivity contribution >= 4 is 16.9 Å². The van der Waals surface area contributed by atoms with Gasteiger partial charge in [-0.15, -0.1) is 0 Å². The Bertz CT molecular complexity index is 636. The summed E-state index contributed by atoms with van der Waals surface area (Å²) in [7, 11) is 0. The van der Waals surface area contributed by atoms with Crippen molar-refractivity contribution in [3.05, 3.63) is 35.3 Å². The number of furan rings is 1. The first-order valence-electron chi connectivity index (χ1n) is 7.14. The van der Waals surface area contributed by atoms with Crippen molar-refractivity contribution in [2.24, 2.45) is 5.92 Å². The number of fused-ring (bicyclic) bond motifs is 1. The second-order valence-electron chi connectivity index (χ2n) is 5.19. The molecule has 0 spiro atoms. The molecule has 0 aliphatic carbocycles.